The summed E-state index contributed by atoms with van der Waals surface area (Å²) in [6, 6.07) is 4.35. The maximum atomic E-state index is 13.1. The van der Waals surface area contributed by atoms with Gasteiger partial charge in [-0.3, -0.25) is 19.3 Å². The standard InChI is InChI=1S/C18H20FN3O4/c1-2-20(13-9-7-12(19)8-10-13)15(23)11-21-16(24)17(25)22(18(21)26)14-5-3-4-6-14/h7-10,14H,2-6,11H2,1H3. The Hall–Kier alpha value is -2.77. The van der Waals surface area contributed by atoms with Gasteiger partial charge in [-0.25, -0.2) is 14.1 Å². The summed E-state index contributed by atoms with van der Waals surface area (Å²) in [5, 5.41) is 0. The van der Waals surface area contributed by atoms with E-state index in [4.69, 9.17) is 0 Å². The quantitative estimate of drug-likeness (QED) is 0.593. The monoisotopic (exact) mass is 361 g/mol. The first-order valence-electron chi connectivity index (χ1n) is 8.69. The number of benzene rings is 1. The van der Waals surface area contributed by atoms with Crippen molar-refractivity contribution in [2.24, 2.45) is 0 Å². The molecule has 0 N–H and O–H groups in total. The van der Waals surface area contributed by atoms with E-state index in [9.17, 15) is 23.6 Å². The van der Waals surface area contributed by atoms with Crippen LogP contribution in [-0.2, 0) is 14.4 Å². The van der Waals surface area contributed by atoms with Gasteiger partial charge in [-0.15, -0.1) is 0 Å². The van der Waals surface area contributed by atoms with Gasteiger partial charge in [0.1, 0.15) is 12.4 Å². The fourth-order valence-corrected chi connectivity index (χ4v) is 3.49. The van der Waals surface area contributed by atoms with Crippen molar-refractivity contribution in [1.29, 1.82) is 0 Å². The fraction of sp³-hybridized carbons (Fsp3) is 0.444. The van der Waals surface area contributed by atoms with E-state index >= 15 is 0 Å². The molecule has 3 rings (SSSR count). The number of carbonyl (C=O) groups excluding carboxylic acids is 4. The average molecular weight is 361 g/mol. The number of amides is 5. The summed E-state index contributed by atoms with van der Waals surface area (Å²) in [7, 11) is 0. The first-order chi connectivity index (χ1) is 12.4. The van der Waals surface area contributed by atoms with Gasteiger partial charge in [0.2, 0.25) is 5.91 Å². The van der Waals surface area contributed by atoms with Crippen molar-refractivity contribution >= 4 is 29.4 Å². The zero-order valence-corrected chi connectivity index (χ0v) is 14.5. The molecule has 1 aliphatic carbocycles. The summed E-state index contributed by atoms with van der Waals surface area (Å²) in [4.78, 5) is 52.6. The summed E-state index contributed by atoms with van der Waals surface area (Å²) in [6.45, 7) is 1.49. The lowest BCUT2D eigenvalue weighted by Crippen LogP contribution is -2.44. The SMILES string of the molecule is CCN(C(=O)CN1C(=O)C(=O)N(C2CCCC2)C1=O)c1ccc(F)cc1. The van der Waals surface area contributed by atoms with Crippen LogP contribution in [0, 0.1) is 5.82 Å². The van der Waals surface area contributed by atoms with E-state index in [-0.39, 0.29) is 12.6 Å². The molecule has 2 fully saturated rings. The van der Waals surface area contributed by atoms with E-state index in [0.717, 1.165) is 17.7 Å². The summed E-state index contributed by atoms with van der Waals surface area (Å²) in [5.74, 6) is -2.77. The smallest absolute Gasteiger partial charge is 0.311 e. The number of nitrogens with zero attached hydrogens (tertiary/aromatic N) is 3. The molecule has 1 heterocycles. The zero-order chi connectivity index (χ0) is 18.8. The molecular weight excluding hydrogens is 341 g/mol. The van der Waals surface area contributed by atoms with Crippen LogP contribution in [0.4, 0.5) is 14.9 Å². The van der Waals surface area contributed by atoms with Crippen LogP contribution in [0.25, 0.3) is 0 Å². The van der Waals surface area contributed by atoms with Gasteiger partial charge in [0.25, 0.3) is 0 Å². The number of rotatable bonds is 5. The van der Waals surface area contributed by atoms with Crippen LogP contribution in [-0.4, -0.2) is 52.7 Å². The minimum absolute atomic E-state index is 0.265. The third-order valence-corrected chi connectivity index (χ3v) is 4.82. The van der Waals surface area contributed by atoms with Crippen LogP contribution < -0.4 is 4.90 Å². The first kappa shape index (κ1) is 18.0. The van der Waals surface area contributed by atoms with Crippen LogP contribution in [0.15, 0.2) is 24.3 Å². The van der Waals surface area contributed by atoms with Crippen molar-refractivity contribution < 1.29 is 23.6 Å². The molecule has 5 amide bonds. The summed E-state index contributed by atoms with van der Waals surface area (Å²) in [5.41, 5.74) is 0.456. The Morgan fingerprint density at radius 2 is 1.73 bits per heavy atom. The van der Waals surface area contributed by atoms with Gasteiger partial charge in [0.05, 0.1) is 0 Å². The topological polar surface area (TPSA) is 78.0 Å². The molecular formula is C18H20FN3O4. The summed E-state index contributed by atoms with van der Waals surface area (Å²) >= 11 is 0. The zero-order valence-electron chi connectivity index (χ0n) is 14.5. The molecule has 138 valence electrons. The lowest BCUT2D eigenvalue weighted by Gasteiger charge is -2.24. The molecule has 1 saturated carbocycles. The third kappa shape index (κ3) is 3.18. The van der Waals surface area contributed by atoms with Crippen LogP contribution >= 0.6 is 0 Å². The molecule has 1 aromatic carbocycles. The van der Waals surface area contributed by atoms with Gasteiger partial charge in [0.15, 0.2) is 0 Å². The minimum Gasteiger partial charge on any atom is -0.311 e. The van der Waals surface area contributed by atoms with Crippen molar-refractivity contribution in [3.8, 4) is 0 Å². The minimum atomic E-state index is -0.967. The molecule has 1 saturated heterocycles. The van der Waals surface area contributed by atoms with Crippen LogP contribution in [0.5, 0.6) is 0 Å². The van der Waals surface area contributed by atoms with E-state index in [1.165, 1.54) is 29.2 Å². The highest BCUT2D eigenvalue weighted by Crippen LogP contribution is 2.28. The normalized spacial score (nSPS) is 18.2. The van der Waals surface area contributed by atoms with E-state index in [1.54, 1.807) is 6.92 Å². The average Bonchev–Trinajstić information content (AvgIpc) is 3.21. The molecule has 1 aromatic rings. The molecule has 1 aliphatic heterocycles. The highest BCUT2D eigenvalue weighted by molar-refractivity contribution is 6.45. The number of imide groups is 2. The number of anilines is 1. The van der Waals surface area contributed by atoms with E-state index < -0.39 is 36.1 Å². The maximum absolute atomic E-state index is 13.1. The molecule has 8 heteroatoms. The van der Waals surface area contributed by atoms with Crippen molar-refractivity contribution in [3.63, 3.8) is 0 Å². The van der Waals surface area contributed by atoms with Crippen molar-refractivity contribution in [3.05, 3.63) is 30.1 Å². The van der Waals surface area contributed by atoms with Gasteiger partial charge in [0, 0.05) is 18.3 Å². The predicted octanol–water partition coefficient (Wildman–Crippen LogP) is 1.91. The summed E-state index contributed by atoms with van der Waals surface area (Å²) < 4.78 is 13.1. The molecule has 0 bridgehead atoms. The Morgan fingerprint density at radius 3 is 2.31 bits per heavy atom. The molecule has 26 heavy (non-hydrogen) atoms. The Morgan fingerprint density at radius 1 is 1.12 bits per heavy atom. The Bertz CT molecular complexity index is 743. The van der Waals surface area contributed by atoms with E-state index in [0.29, 0.717) is 23.4 Å². The second-order valence-electron chi connectivity index (χ2n) is 6.40. The lowest BCUT2D eigenvalue weighted by molar-refractivity contribution is -0.144. The second-order valence-corrected chi connectivity index (χ2v) is 6.40. The number of urea groups is 1. The van der Waals surface area contributed by atoms with E-state index in [2.05, 4.69) is 0 Å². The van der Waals surface area contributed by atoms with Gasteiger partial charge in [-0.2, -0.15) is 0 Å². The Labute approximate surface area is 150 Å². The molecule has 0 aromatic heterocycles. The summed E-state index contributed by atoms with van der Waals surface area (Å²) in [6.07, 6.45) is 3.18. The molecule has 0 spiro atoms. The fourth-order valence-electron chi connectivity index (χ4n) is 3.49. The van der Waals surface area contributed by atoms with Crippen molar-refractivity contribution in [2.45, 2.75) is 38.6 Å². The maximum Gasteiger partial charge on any atom is 0.334 e. The molecule has 7 nitrogen and oxygen atoms in total. The Balaban J connectivity index is 1.75. The second kappa shape index (κ2) is 7.23. The van der Waals surface area contributed by atoms with Crippen LogP contribution in [0.2, 0.25) is 0 Å². The highest BCUT2D eigenvalue weighted by atomic mass is 19.1. The van der Waals surface area contributed by atoms with Gasteiger partial charge in [-0.1, -0.05) is 12.8 Å². The Kier molecular flexibility index (Phi) is 5.01. The van der Waals surface area contributed by atoms with Crippen LogP contribution in [0.1, 0.15) is 32.6 Å². The number of carbonyl (C=O) groups is 4. The molecule has 2 aliphatic rings. The van der Waals surface area contributed by atoms with E-state index in [1.807, 2.05) is 0 Å². The van der Waals surface area contributed by atoms with Gasteiger partial charge in [-0.05, 0) is 44.0 Å². The number of hydrogen-bond donors (Lipinski definition) is 0. The number of hydrogen-bond acceptors (Lipinski definition) is 4. The molecule has 0 radical (unpaired) electrons. The number of likely N-dealkylation sites (N-methyl/N-ethyl adjacent to an activating group) is 1. The highest BCUT2D eigenvalue weighted by Gasteiger charge is 2.48. The lowest BCUT2D eigenvalue weighted by atomic mass is 10.2. The number of halogens is 1. The van der Waals surface area contributed by atoms with Gasteiger partial charge >= 0.3 is 17.8 Å². The van der Waals surface area contributed by atoms with Crippen molar-refractivity contribution in [2.75, 3.05) is 18.0 Å². The molecule has 0 unspecified atom stereocenters. The largest absolute Gasteiger partial charge is 0.334 e. The van der Waals surface area contributed by atoms with Gasteiger partial charge < -0.3 is 4.90 Å². The van der Waals surface area contributed by atoms with Crippen molar-refractivity contribution in [1.82, 2.24) is 9.80 Å². The predicted molar refractivity (Wildman–Crippen MR) is 90.6 cm³/mol. The molecule has 0 atom stereocenters. The third-order valence-electron chi connectivity index (χ3n) is 4.82. The van der Waals surface area contributed by atoms with Crippen LogP contribution in [0.3, 0.4) is 0 Å². The first-order valence-corrected chi connectivity index (χ1v) is 8.69.